The number of rotatable bonds is 12. The smallest absolute Gasteiger partial charge is 0.242 e. The van der Waals surface area contributed by atoms with Crippen molar-refractivity contribution in [3.05, 3.63) is 95.8 Å². The molecule has 3 aromatic rings. The van der Waals surface area contributed by atoms with E-state index in [1.54, 1.807) is 12.0 Å². The Labute approximate surface area is 202 Å². The zero-order valence-electron chi connectivity index (χ0n) is 20.4. The van der Waals surface area contributed by atoms with Gasteiger partial charge in [-0.25, -0.2) is 0 Å². The van der Waals surface area contributed by atoms with E-state index in [-0.39, 0.29) is 24.3 Å². The van der Waals surface area contributed by atoms with Crippen molar-refractivity contribution in [2.24, 2.45) is 7.05 Å². The maximum absolute atomic E-state index is 13.6. The predicted octanol–water partition coefficient (Wildman–Crippen LogP) is 4.22. The lowest BCUT2D eigenvalue weighted by Gasteiger charge is -2.30. The number of aromatic nitrogens is 1. The number of hydrogen-bond acceptors (Lipinski definition) is 3. The molecule has 0 fully saturated rings. The Hall–Kier alpha value is -3.38. The minimum atomic E-state index is -0.290. The van der Waals surface area contributed by atoms with E-state index >= 15 is 0 Å². The zero-order chi connectivity index (χ0) is 24.3. The largest absolute Gasteiger partial charge is 0.383 e. The fraction of sp³-hybridized carbons (Fsp3) is 0.357. The van der Waals surface area contributed by atoms with Gasteiger partial charge in [-0.3, -0.25) is 9.59 Å². The van der Waals surface area contributed by atoms with Crippen LogP contribution < -0.4 is 0 Å². The third-order valence-corrected chi connectivity index (χ3v) is 6.08. The predicted molar refractivity (Wildman–Crippen MR) is 134 cm³/mol. The molecular weight excluding hydrogens is 426 g/mol. The van der Waals surface area contributed by atoms with E-state index in [0.29, 0.717) is 32.7 Å². The molecule has 1 atom stereocenters. The Balaban J connectivity index is 1.81. The molecule has 0 aliphatic carbocycles. The average Bonchev–Trinajstić information content (AvgIpc) is 3.27. The molecule has 0 aliphatic heterocycles. The normalized spacial score (nSPS) is 11.7. The second kappa shape index (κ2) is 12.8. The van der Waals surface area contributed by atoms with Gasteiger partial charge in [0.05, 0.1) is 25.6 Å². The van der Waals surface area contributed by atoms with Crippen molar-refractivity contribution in [2.75, 3.05) is 26.8 Å². The minimum absolute atomic E-state index is 0.0167. The molecule has 3 rings (SSSR count). The van der Waals surface area contributed by atoms with Crippen LogP contribution in [0.3, 0.4) is 0 Å². The molecular formula is C28H35N3O3. The van der Waals surface area contributed by atoms with Crippen molar-refractivity contribution in [1.29, 1.82) is 0 Å². The Kier molecular flexibility index (Phi) is 9.47. The van der Waals surface area contributed by atoms with Crippen molar-refractivity contribution in [2.45, 2.75) is 32.4 Å². The molecule has 2 aromatic carbocycles. The maximum atomic E-state index is 13.6. The van der Waals surface area contributed by atoms with Gasteiger partial charge in [0.15, 0.2) is 0 Å². The molecule has 1 unspecified atom stereocenters. The highest BCUT2D eigenvalue weighted by Crippen LogP contribution is 2.22. The first-order chi connectivity index (χ1) is 16.5. The summed E-state index contributed by atoms with van der Waals surface area (Å²) in [6.07, 6.45) is 2.64. The molecule has 0 aliphatic rings. The molecule has 0 spiro atoms. The van der Waals surface area contributed by atoms with Crippen LogP contribution >= 0.6 is 0 Å². The number of hydrogen-bond donors (Lipinski definition) is 0. The lowest BCUT2D eigenvalue weighted by molar-refractivity contribution is -0.142. The van der Waals surface area contributed by atoms with Gasteiger partial charge in [-0.05, 0) is 29.7 Å². The number of carbonyl (C=O) groups excluding carboxylic acids is 2. The molecule has 6 heteroatoms. The summed E-state index contributed by atoms with van der Waals surface area (Å²) in [4.78, 5) is 30.6. The van der Waals surface area contributed by atoms with Gasteiger partial charge >= 0.3 is 0 Å². The standard InChI is InChI=1S/C28H35N3O3/c1-4-26(24-14-9-6-10-15-24)28(33)30(18-19-34-3)22-27(32)31(20-23-12-7-5-8-13-23)21-25-16-11-17-29(25)2/h5-17,26H,4,18-22H2,1-3H3. The van der Waals surface area contributed by atoms with E-state index in [1.165, 1.54) is 0 Å². The third-order valence-electron chi connectivity index (χ3n) is 6.08. The molecule has 34 heavy (non-hydrogen) atoms. The van der Waals surface area contributed by atoms with Crippen LogP contribution in [0.5, 0.6) is 0 Å². The van der Waals surface area contributed by atoms with Crippen molar-refractivity contribution >= 4 is 11.8 Å². The van der Waals surface area contributed by atoms with Gasteiger partial charge in [-0.15, -0.1) is 0 Å². The van der Waals surface area contributed by atoms with Crippen LogP contribution in [0.4, 0.5) is 0 Å². The molecule has 1 aromatic heterocycles. The van der Waals surface area contributed by atoms with E-state index in [0.717, 1.165) is 16.8 Å². The number of nitrogens with zero attached hydrogens (tertiary/aromatic N) is 3. The number of ether oxygens (including phenoxy) is 1. The summed E-state index contributed by atoms with van der Waals surface area (Å²) in [5.41, 5.74) is 3.06. The summed E-state index contributed by atoms with van der Waals surface area (Å²) >= 11 is 0. The highest BCUT2D eigenvalue weighted by Gasteiger charge is 2.27. The first-order valence-electron chi connectivity index (χ1n) is 11.8. The summed E-state index contributed by atoms with van der Waals surface area (Å²) in [6, 6.07) is 23.7. The van der Waals surface area contributed by atoms with Crippen LogP contribution in [0.25, 0.3) is 0 Å². The van der Waals surface area contributed by atoms with Crippen molar-refractivity contribution < 1.29 is 14.3 Å². The summed E-state index contributed by atoms with van der Waals surface area (Å²) in [7, 11) is 3.58. The van der Waals surface area contributed by atoms with E-state index in [1.807, 2.05) is 102 Å². The van der Waals surface area contributed by atoms with Crippen LogP contribution in [0.15, 0.2) is 79.0 Å². The molecule has 2 amide bonds. The molecule has 0 radical (unpaired) electrons. The SMILES string of the molecule is CCC(C(=O)N(CCOC)CC(=O)N(Cc1ccccc1)Cc1cccn1C)c1ccccc1. The highest BCUT2D eigenvalue weighted by molar-refractivity contribution is 5.88. The van der Waals surface area contributed by atoms with Gasteiger partial charge in [0.2, 0.25) is 11.8 Å². The zero-order valence-corrected chi connectivity index (χ0v) is 20.4. The molecule has 0 saturated carbocycles. The van der Waals surface area contributed by atoms with Gasteiger partial charge in [0, 0.05) is 39.1 Å². The van der Waals surface area contributed by atoms with E-state index in [4.69, 9.17) is 4.74 Å². The van der Waals surface area contributed by atoms with Gasteiger partial charge in [0.25, 0.3) is 0 Å². The van der Waals surface area contributed by atoms with E-state index in [9.17, 15) is 9.59 Å². The minimum Gasteiger partial charge on any atom is -0.383 e. The van der Waals surface area contributed by atoms with Crippen LogP contribution in [-0.4, -0.2) is 53.0 Å². The molecule has 0 saturated heterocycles. The fourth-order valence-electron chi connectivity index (χ4n) is 4.08. The number of carbonyl (C=O) groups is 2. The molecule has 1 heterocycles. The number of amides is 2. The molecule has 0 N–H and O–H groups in total. The molecule has 0 bridgehead atoms. The lowest BCUT2D eigenvalue weighted by Crippen LogP contribution is -2.45. The van der Waals surface area contributed by atoms with Crippen LogP contribution in [-0.2, 0) is 34.5 Å². The van der Waals surface area contributed by atoms with Gasteiger partial charge in [-0.1, -0.05) is 67.6 Å². The summed E-state index contributed by atoms with van der Waals surface area (Å²) in [5.74, 6) is -0.420. The number of aryl methyl sites for hydroxylation is 1. The second-order valence-corrected chi connectivity index (χ2v) is 8.47. The Bertz CT molecular complexity index is 1030. The monoisotopic (exact) mass is 461 g/mol. The first kappa shape index (κ1) is 25.2. The topological polar surface area (TPSA) is 54.8 Å². The van der Waals surface area contributed by atoms with Gasteiger partial charge in [-0.2, -0.15) is 0 Å². The number of benzene rings is 2. The Morgan fingerprint density at radius 2 is 1.59 bits per heavy atom. The second-order valence-electron chi connectivity index (χ2n) is 8.47. The Morgan fingerprint density at radius 3 is 2.18 bits per heavy atom. The fourth-order valence-corrected chi connectivity index (χ4v) is 4.08. The van der Waals surface area contributed by atoms with Crippen LogP contribution in [0.2, 0.25) is 0 Å². The first-order valence-corrected chi connectivity index (χ1v) is 11.8. The van der Waals surface area contributed by atoms with Crippen LogP contribution in [0.1, 0.15) is 36.1 Å². The van der Waals surface area contributed by atoms with Gasteiger partial charge in [0.1, 0.15) is 0 Å². The average molecular weight is 462 g/mol. The van der Waals surface area contributed by atoms with Gasteiger partial charge < -0.3 is 19.1 Å². The van der Waals surface area contributed by atoms with Crippen molar-refractivity contribution in [3.63, 3.8) is 0 Å². The summed E-state index contributed by atoms with van der Waals surface area (Å²) in [5, 5.41) is 0. The molecule has 180 valence electrons. The third kappa shape index (κ3) is 6.81. The molecule has 6 nitrogen and oxygen atoms in total. The highest BCUT2D eigenvalue weighted by atomic mass is 16.5. The summed E-state index contributed by atoms with van der Waals surface area (Å²) in [6.45, 7) is 3.72. The maximum Gasteiger partial charge on any atom is 0.242 e. The Morgan fingerprint density at radius 1 is 0.912 bits per heavy atom. The van der Waals surface area contributed by atoms with E-state index in [2.05, 4.69) is 0 Å². The number of methoxy groups -OCH3 is 1. The quantitative estimate of drug-likeness (QED) is 0.406. The summed E-state index contributed by atoms with van der Waals surface area (Å²) < 4.78 is 7.27. The van der Waals surface area contributed by atoms with Crippen molar-refractivity contribution in [1.82, 2.24) is 14.4 Å². The van der Waals surface area contributed by atoms with E-state index < -0.39 is 0 Å². The van der Waals surface area contributed by atoms with Crippen molar-refractivity contribution in [3.8, 4) is 0 Å². The lowest BCUT2D eigenvalue weighted by atomic mass is 9.95. The van der Waals surface area contributed by atoms with Crippen LogP contribution in [0, 0.1) is 0 Å².